The van der Waals surface area contributed by atoms with Gasteiger partial charge in [0.05, 0.1) is 7.11 Å². The van der Waals surface area contributed by atoms with Crippen LogP contribution in [-0.4, -0.2) is 18.8 Å². The Morgan fingerprint density at radius 1 is 1.43 bits per heavy atom. The third-order valence-electron chi connectivity index (χ3n) is 2.18. The summed E-state index contributed by atoms with van der Waals surface area (Å²) < 4.78 is 17.7. The van der Waals surface area contributed by atoms with E-state index in [4.69, 9.17) is 9.84 Å². The van der Waals surface area contributed by atoms with E-state index < -0.39 is 6.67 Å². The molecule has 0 aliphatic carbocycles. The Morgan fingerprint density at radius 2 is 2.21 bits per heavy atom. The van der Waals surface area contributed by atoms with Crippen LogP contribution < -0.4 is 4.74 Å². The van der Waals surface area contributed by atoms with Crippen molar-refractivity contribution in [3.63, 3.8) is 0 Å². The first-order valence-electron chi connectivity index (χ1n) is 4.65. The first-order valence-corrected chi connectivity index (χ1v) is 4.65. The summed E-state index contributed by atoms with van der Waals surface area (Å²) in [7, 11) is 1.57. The van der Waals surface area contributed by atoms with Gasteiger partial charge >= 0.3 is 0 Å². The molecule has 78 valence electrons. The Labute approximate surface area is 83.3 Å². The highest BCUT2D eigenvalue weighted by atomic mass is 19.1. The molecule has 0 aromatic heterocycles. The second-order valence-corrected chi connectivity index (χ2v) is 3.06. The molecule has 0 saturated heterocycles. The molecule has 1 aromatic carbocycles. The van der Waals surface area contributed by atoms with Gasteiger partial charge < -0.3 is 9.84 Å². The van der Waals surface area contributed by atoms with E-state index in [-0.39, 0.29) is 6.61 Å². The van der Waals surface area contributed by atoms with E-state index in [9.17, 15) is 4.39 Å². The number of aliphatic hydroxyl groups is 1. The van der Waals surface area contributed by atoms with Gasteiger partial charge in [-0.2, -0.15) is 0 Å². The Bertz CT molecular complexity index is 264. The van der Waals surface area contributed by atoms with Crippen molar-refractivity contribution in [2.75, 3.05) is 13.7 Å². The van der Waals surface area contributed by atoms with Crippen molar-refractivity contribution in [3.8, 4) is 5.75 Å². The van der Waals surface area contributed by atoms with E-state index in [1.807, 2.05) is 6.07 Å². The predicted octanol–water partition coefficient (Wildman–Crippen LogP) is 2.09. The van der Waals surface area contributed by atoms with Gasteiger partial charge in [-0.05, 0) is 30.0 Å². The van der Waals surface area contributed by atoms with E-state index >= 15 is 0 Å². The number of alkyl halides is 1. The standard InChI is InChI=1S/C11H15FO2/c1-14-11-6-2-4-9(8-12)10(11)5-3-7-13/h2,4,6,13H,3,5,7-8H2,1H3. The number of hydrogen-bond donors (Lipinski definition) is 1. The minimum atomic E-state index is -0.488. The van der Waals surface area contributed by atoms with Crippen molar-refractivity contribution in [2.45, 2.75) is 19.5 Å². The molecule has 0 heterocycles. The Morgan fingerprint density at radius 3 is 2.79 bits per heavy atom. The molecular weight excluding hydrogens is 183 g/mol. The van der Waals surface area contributed by atoms with Crippen molar-refractivity contribution in [1.82, 2.24) is 0 Å². The fourth-order valence-electron chi connectivity index (χ4n) is 1.47. The minimum Gasteiger partial charge on any atom is -0.496 e. The maximum atomic E-state index is 12.6. The van der Waals surface area contributed by atoms with Gasteiger partial charge in [0, 0.05) is 6.61 Å². The highest BCUT2D eigenvalue weighted by Crippen LogP contribution is 2.24. The fourth-order valence-corrected chi connectivity index (χ4v) is 1.47. The zero-order valence-electron chi connectivity index (χ0n) is 8.29. The molecule has 3 heteroatoms. The molecule has 0 saturated carbocycles. The van der Waals surface area contributed by atoms with Crippen LogP contribution >= 0.6 is 0 Å². The largest absolute Gasteiger partial charge is 0.496 e. The number of ether oxygens (including phenoxy) is 1. The fraction of sp³-hybridized carbons (Fsp3) is 0.455. The highest BCUT2D eigenvalue weighted by molar-refractivity contribution is 5.40. The van der Waals surface area contributed by atoms with Gasteiger partial charge in [0.15, 0.2) is 0 Å². The number of methoxy groups -OCH3 is 1. The summed E-state index contributed by atoms with van der Waals surface area (Å²) in [6.45, 7) is -0.373. The summed E-state index contributed by atoms with van der Waals surface area (Å²) in [4.78, 5) is 0. The summed E-state index contributed by atoms with van der Waals surface area (Å²) in [6.07, 6.45) is 1.28. The summed E-state index contributed by atoms with van der Waals surface area (Å²) >= 11 is 0. The second-order valence-electron chi connectivity index (χ2n) is 3.06. The van der Waals surface area contributed by atoms with E-state index in [1.165, 1.54) is 0 Å². The second kappa shape index (κ2) is 5.60. The van der Waals surface area contributed by atoms with Gasteiger partial charge in [-0.1, -0.05) is 12.1 Å². The van der Waals surface area contributed by atoms with Gasteiger partial charge in [-0.3, -0.25) is 0 Å². The first kappa shape index (κ1) is 11.0. The van der Waals surface area contributed by atoms with Crippen LogP contribution in [0.15, 0.2) is 18.2 Å². The van der Waals surface area contributed by atoms with E-state index in [0.29, 0.717) is 24.2 Å². The number of hydrogen-bond acceptors (Lipinski definition) is 2. The van der Waals surface area contributed by atoms with Crippen molar-refractivity contribution in [2.24, 2.45) is 0 Å². The lowest BCUT2D eigenvalue weighted by Gasteiger charge is -2.11. The smallest absolute Gasteiger partial charge is 0.122 e. The molecule has 0 spiro atoms. The zero-order chi connectivity index (χ0) is 10.4. The molecule has 14 heavy (non-hydrogen) atoms. The number of aliphatic hydroxyl groups excluding tert-OH is 1. The maximum Gasteiger partial charge on any atom is 0.122 e. The van der Waals surface area contributed by atoms with Crippen LogP contribution in [0, 0.1) is 0 Å². The third kappa shape index (κ3) is 2.45. The van der Waals surface area contributed by atoms with Crippen LogP contribution in [0.25, 0.3) is 0 Å². The molecular formula is C11H15FO2. The van der Waals surface area contributed by atoms with Gasteiger partial charge in [-0.15, -0.1) is 0 Å². The molecule has 0 radical (unpaired) electrons. The lowest BCUT2D eigenvalue weighted by molar-refractivity contribution is 0.287. The average molecular weight is 198 g/mol. The van der Waals surface area contributed by atoms with Crippen LogP contribution in [0.4, 0.5) is 4.39 Å². The van der Waals surface area contributed by atoms with E-state index in [1.54, 1.807) is 19.2 Å². The zero-order valence-corrected chi connectivity index (χ0v) is 8.29. The van der Waals surface area contributed by atoms with Gasteiger partial charge in [0.1, 0.15) is 12.4 Å². The SMILES string of the molecule is COc1cccc(CF)c1CCCO. The predicted molar refractivity (Wildman–Crippen MR) is 53.2 cm³/mol. The van der Waals surface area contributed by atoms with Crippen LogP contribution in [0.2, 0.25) is 0 Å². The summed E-state index contributed by atoms with van der Waals surface area (Å²) in [5.74, 6) is 0.702. The monoisotopic (exact) mass is 198 g/mol. The summed E-state index contributed by atoms with van der Waals surface area (Å²) in [6, 6.07) is 5.33. The molecule has 0 amide bonds. The molecule has 0 bridgehead atoms. The molecule has 1 N–H and O–H groups in total. The average Bonchev–Trinajstić information content (AvgIpc) is 2.25. The summed E-state index contributed by atoms with van der Waals surface area (Å²) in [5.41, 5.74) is 1.52. The van der Waals surface area contributed by atoms with Crippen molar-refractivity contribution < 1.29 is 14.2 Å². The van der Waals surface area contributed by atoms with Crippen LogP contribution in [0.1, 0.15) is 17.5 Å². The Hall–Kier alpha value is -1.09. The molecule has 0 unspecified atom stereocenters. The first-order chi connectivity index (χ1) is 6.83. The molecule has 0 atom stereocenters. The van der Waals surface area contributed by atoms with E-state index in [2.05, 4.69) is 0 Å². The van der Waals surface area contributed by atoms with Gasteiger partial charge in [-0.25, -0.2) is 4.39 Å². The van der Waals surface area contributed by atoms with Crippen LogP contribution in [-0.2, 0) is 13.1 Å². The number of rotatable bonds is 5. The third-order valence-corrected chi connectivity index (χ3v) is 2.18. The van der Waals surface area contributed by atoms with Crippen LogP contribution in [0.3, 0.4) is 0 Å². The number of halogens is 1. The maximum absolute atomic E-state index is 12.6. The lowest BCUT2D eigenvalue weighted by Crippen LogP contribution is -1.98. The highest BCUT2D eigenvalue weighted by Gasteiger charge is 2.07. The van der Waals surface area contributed by atoms with Crippen molar-refractivity contribution >= 4 is 0 Å². The molecule has 1 rings (SSSR count). The number of benzene rings is 1. The van der Waals surface area contributed by atoms with E-state index in [0.717, 1.165) is 5.56 Å². The normalized spacial score (nSPS) is 10.2. The van der Waals surface area contributed by atoms with Gasteiger partial charge in [0.25, 0.3) is 0 Å². The Balaban J connectivity index is 2.93. The quantitative estimate of drug-likeness (QED) is 0.785. The summed E-state index contributed by atoms with van der Waals surface area (Å²) in [5, 5.41) is 8.72. The minimum absolute atomic E-state index is 0.115. The molecule has 0 aliphatic heterocycles. The molecule has 0 fully saturated rings. The van der Waals surface area contributed by atoms with Crippen molar-refractivity contribution in [1.29, 1.82) is 0 Å². The molecule has 2 nitrogen and oxygen atoms in total. The Kier molecular flexibility index (Phi) is 4.40. The van der Waals surface area contributed by atoms with Gasteiger partial charge in [0.2, 0.25) is 0 Å². The van der Waals surface area contributed by atoms with Crippen molar-refractivity contribution in [3.05, 3.63) is 29.3 Å². The lowest BCUT2D eigenvalue weighted by atomic mass is 10.0. The topological polar surface area (TPSA) is 29.5 Å². The molecule has 1 aromatic rings. The van der Waals surface area contributed by atoms with Crippen LogP contribution in [0.5, 0.6) is 5.75 Å². The molecule has 0 aliphatic rings.